The fourth-order valence-corrected chi connectivity index (χ4v) is 1.89. The van der Waals surface area contributed by atoms with Gasteiger partial charge in [-0.05, 0) is 12.1 Å². The van der Waals surface area contributed by atoms with E-state index in [4.69, 9.17) is 0 Å². The Morgan fingerprint density at radius 2 is 2.12 bits per heavy atom. The molecule has 0 radical (unpaired) electrons. The summed E-state index contributed by atoms with van der Waals surface area (Å²) in [4.78, 5) is 25.4. The SMILES string of the molecule is O=C1CN(C(=O)c2ccccc2S)CCN1. The normalized spacial score (nSPS) is 15.8. The molecule has 0 aliphatic carbocycles. The first-order chi connectivity index (χ1) is 7.68. The molecule has 0 saturated carbocycles. The Morgan fingerprint density at radius 1 is 1.38 bits per heavy atom. The van der Waals surface area contributed by atoms with Gasteiger partial charge in [0.2, 0.25) is 5.91 Å². The van der Waals surface area contributed by atoms with Gasteiger partial charge < -0.3 is 10.2 Å². The first kappa shape index (κ1) is 11.0. The van der Waals surface area contributed by atoms with Gasteiger partial charge in [-0.15, -0.1) is 12.6 Å². The van der Waals surface area contributed by atoms with E-state index in [1.165, 1.54) is 4.90 Å². The highest BCUT2D eigenvalue weighted by molar-refractivity contribution is 7.80. The molecule has 1 aromatic carbocycles. The topological polar surface area (TPSA) is 49.4 Å². The summed E-state index contributed by atoms with van der Waals surface area (Å²) in [5, 5.41) is 2.68. The van der Waals surface area contributed by atoms with E-state index in [0.29, 0.717) is 23.5 Å². The standard InChI is InChI=1S/C11H12N2O2S/c14-10-7-13(6-5-12-10)11(15)8-3-1-2-4-9(8)16/h1-4,16H,5-7H2,(H,12,14). The van der Waals surface area contributed by atoms with E-state index in [9.17, 15) is 9.59 Å². The predicted molar refractivity (Wildman–Crippen MR) is 62.6 cm³/mol. The summed E-state index contributed by atoms with van der Waals surface area (Å²) in [5.41, 5.74) is 0.542. The second-order valence-electron chi connectivity index (χ2n) is 3.59. The number of amides is 2. The Labute approximate surface area is 99.0 Å². The molecule has 4 nitrogen and oxygen atoms in total. The van der Waals surface area contributed by atoms with Crippen LogP contribution in [0.5, 0.6) is 0 Å². The lowest BCUT2D eigenvalue weighted by atomic mass is 10.2. The second kappa shape index (κ2) is 4.57. The van der Waals surface area contributed by atoms with Crippen molar-refractivity contribution in [3.8, 4) is 0 Å². The number of carbonyl (C=O) groups is 2. The van der Waals surface area contributed by atoms with E-state index in [-0.39, 0.29) is 18.4 Å². The minimum Gasteiger partial charge on any atom is -0.353 e. The van der Waals surface area contributed by atoms with Crippen LogP contribution in [0.3, 0.4) is 0 Å². The van der Waals surface area contributed by atoms with Crippen LogP contribution >= 0.6 is 12.6 Å². The van der Waals surface area contributed by atoms with Gasteiger partial charge >= 0.3 is 0 Å². The Kier molecular flexibility index (Phi) is 3.14. The van der Waals surface area contributed by atoms with Crippen molar-refractivity contribution in [2.24, 2.45) is 0 Å². The molecule has 1 heterocycles. The molecule has 16 heavy (non-hydrogen) atoms. The fraction of sp³-hybridized carbons (Fsp3) is 0.273. The van der Waals surface area contributed by atoms with Gasteiger partial charge in [-0.25, -0.2) is 0 Å². The zero-order chi connectivity index (χ0) is 11.5. The molecule has 2 amide bonds. The minimum atomic E-state index is -0.138. The molecule has 0 bridgehead atoms. The molecule has 1 aromatic rings. The van der Waals surface area contributed by atoms with Crippen LogP contribution in [0, 0.1) is 0 Å². The van der Waals surface area contributed by atoms with Crippen LogP contribution < -0.4 is 5.32 Å². The van der Waals surface area contributed by atoms with Crippen LogP contribution in [0.25, 0.3) is 0 Å². The highest BCUT2D eigenvalue weighted by atomic mass is 32.1. The van der Waals surface area contributed by atoms with Gasteiger partial charge in [0.05, 0.1) is 12.1 Å². The lowest BCUT2D eigenvalue weighted by Gasteiger charge is -2.27. The number of nitrogens with zero attached hydrogens (tertiary/aromatic N) is 1. The van der Waals surface area contributed by atoms with Gasteiger partial charge in [0.25, 0.3) is 5.91 Å². The van der Waals surface area contributed by atoms with E-state index in [1.807, 2.05) is 6.07 Å². The smallest absolute Gasteiger partial charge is 0.255 e. The van der Waals surface area contributed by atoms with E-state index in [1.54, 1.807) is 18.2 Å². The average Bonchev–Trinajstić information content (AvgIpc) is 2.29. The molecule has 0 atom stereocenters. The van der Waals surface area contributed by atoms with Crippen LogP contribution in [-0.2, 0) is 4.79 Å². The summed E-state index contributed by atoms with van der Waals surface area (Å²) in [6.07, 6.45) is 0. The predicted octanol–water partition coefficient (Wildman–Crippen LogP) is 0.547. The van der Waals surface area contributed by atoms with Gasteiger partial charge in [-0.1, -0.05) is 12.1 Å². The molecule has 0 unspecified atom stereocenters. The fourth-order valence-electron chi connectivity index (χ4n) is 1.64. The summed E-state index contributed by atoms with van der Waals surface area (Å²) >= 11 is 4.23. The minimum absolute atomic E-state index is 0.115. The van der Waals surface area contributed by atoms with E-state index >= 15 is 0 Å². The number of hydrogen-bond donors (Lipinski definition) is 2. The average molecular weight is 236 g/mol. The zero-order valence-electron chi connectivity index (χ0n) is 8.64. The van der Waals surface area contributed by atoms with Crippen molar-refractivity contribution in [2.75, 3.05) is 19.6 Å². The third-order valence-corrected chi connectivity index (χ3v) is 2.85. The number of carbonyl (C=O) groups excluding carboxylic acids is 2. The molecule has 1 fully saturated rings. The van der Waals surface area contributed by atoms with Gasteiger partial charge in [-0.3, -0.25) is 9.59 Å². The highest BCUT2D eigenvalue weighted by Crippen LogP contribution is 2.15. The van der Waals surface area contributed by atoms with Crippen molar-refractivity contribution in [1.29, 1.82) is 0 Å². The Hall–Kier alpha value is -1.49. The number of hydrogen-bond acceptors (Lipinski definition) is 3. The molecular weight excluding hydrogens is 224 g/mol. The molecule has 0 spiro atoms. The van der Waals surface area contributed by atoms with Crippen molar-refractivity contribution >= 4 is 24.4 Å². The third-order valence-electron chi connectivity index (χ3n) is 2.46. The maximum absolute atomic E-state index is 12.1. The first-order valence-corrected chi connectivity index (χ1v) is 5.47. The molecule has 5 heteroatoms. The largest absolute Gasteiger partial charge is 0.353 e. The third kappa shape index (κ3) is 2.19. The summed E-state index contributed by atoms with van der Waals surface area (Å²) in [7, 11) is 0. The van der Waals surface area contributed by atoms with Crippen LogP contribution in [-0.4, -0.2) is 36.3 Å². The Balaban J connectivity index is 2.19. The number of rotatable bonds is 1. The van der Waals surface area contributed by atoms with E-state index in [0.717, 1.165) is 0 Å². The summed E-state index contributed by atoms with van der Waals surface area (Å²) in [6.45, 7) is 1.19. The van der Waals surface area contributed by atoms with Crippen LogP contribution in [0.15, 0.2) is 29.2 Å². The Bertz CT molecular complexity index is 434. The van der Waals surface area contributed by atoms with Gasteiger partial charge in [0.15, 0.2) is 0 Å². The van der Waals surface area contributed by atoms with Crippen LogP contribution in [0.4, 0.5) is 0 Å². The van der Waals surface area contributed by atoms with Crippen LogP contribution in [0.2, 0.25) is 0 Å². The van der Waals surface area contributed by atoms with Crippen molar-refractivity contribution < 1.29 is 9.59 Å². The summed E-state index contributed by atoms with van der Waals surface area (Å²) in [6, 6.07) is 7.09. The maximum Gasteiger partial charge on any atom is 0.255 e. The maximum atomic E-state index is 12.1. The monoisotopic (exact) mass is 236 g/mol. The molecule has 2 rings (SSSR count). The van der Waals surface area contributed by atoms with Crippen molar-refractivity contribution in [3.63, 3.8) is 0 Å². The van der Waals surface area contributed by atoms with Gasteiger partial charge in [0, 0.05) is 18.0 Å². The Morgan fingerprint density at radius 3 is 2.81 bits per heavy atom. The van der Waals surface area contributed by atoms with E-state index in [2.05, 4.69) is 17.9 Å². The molecule has 1 saturated heterocycles. The van der Waals surface area contributed by atoms with E-state index < -0.39 is 0 Å². The number of benzene rings is 1. The lowest BCUT2D eigenvalue weighted by Crippen LogP contribution is -2.50. The molecule has 1 aliphatic heterocycles. The number of thiol groups is 1. The molecule has 1 N–H and O–H groups in total. The zero-order valence-corrected chi connectivity index (χ0v) is 9.54. The van der Waals surface area contributed by atoms with Gasteiger partial charge in [0.1, 0.15) is 0 Å². The molecular formula is C11H12N2O2S. The van der Waals surface area contributed by atoms with Gasteiger partial charge in [-0.2, -0.15) is 0 Å². The number of nitrogens with one attached hydrogen (secondary N) is 1. The highest BCUT2D eigenvalue weighted by Gasteiger charge is 2.23. The van der Waals surface area contributed by atoms with Crippen molar-refractivity contribution in [2.45, 2.75) is 4.90 Å². The second-order valence-corrected chi connectivity index (χ2v) is 4.08. The molecule has 84 valence electrons. The molecule has 0 aromatic heterocycles. The molecule has 1 aliphatic rings. The van der Waals surface area contributed by atoms with Crippen molar-refractivity contribution in [3.05, 3.63) is 29.8 Å². The quantitative estimate of drug-likeness (QED) is 0.699. The first-order valence-electron chi connectivity index (χ1n) is 5.02. The summed E-state index contributed by atoms with van der Waals surface area (Å²) in [5.74, 6) is -0.253. The lowest BCUT2D eigenvalue weighted by molar-refractivity contribution is -0.123. The van der Waals surface area contributed by atoms with Crippen molar-refractivity contribution in [1.82, 2.24) is 10.2 Å². The summed E-state index contributed by atoms with van der Waals surface area (Å²) < 4.78 is 0. The van der Waals surface area contributed by atoms with Crippen LogP contribution in [0.1, 0.15) is 10.4 Å². The number of piperazine rings is 1.